The molecule has 1 aromatic heterocycles. The summed E-state index contributed by atoms with van der Waals surface area (Å²) in [5.74, 6) is -0.255. The van der Waals surface area contributed by atoms with Gasteiger partial charge in [0, 0.05) is 20.3 Å². The van der Waals surface area contributed by atoms with E-state index in [1.807, 2.05) is 30.3 Å². The largest absolute Gasteiger partial charge is 0.378 e. The summed E-state index contributed by atoms with van der Waals surface area (Å²) in [7, 11) is 1.58. The Morgan fingerprint density at radius 1 is 1.43 bits per heavy atom. The van der Waals surface area contributed by atoms with Crippen LogP contribution in [0.3, 0.4) is 0 Å². The average molecular weight is 316 g/mol. The highest BCUT2D eigenvalue weighted by Crippen LogP contribution is 2.15. The van der Waals surface area contributed by atoms with Crippen LogP contribution in [-0.4, -0.2) is 47.3 Å². The van der Waals surface area contributed by atoms with Crippen LogP contribution in [0.2, 0.25) is 0 Å². The van der Waals surface area contributed by atoms with Gasteiger partial charge in [0.05, 0.1) is 18.4 Å². The third-order valence-corrected chi connectivity index (χ3v) is 3.77. The molecule has 3 rings (SSSR count). The minimum absolute atomic E-state index is 0.0917. The predicted molar refractivity (Wildman–Crippen MR) is 83.4 cm³/mol. The van der Waals surface area contributed by atoms with E-state index in [4.69, 9.17) is 9.47 Å². The molecule has 1 N–H and O–H groups in total. The van der Waals surface area contributed by atoms with E-state index < -0.39 is 0 Å². The van der Waals surface area contributed by atoms with Crippen LogP contribution in [-0.2, 0) is 16.1 Å². The standard InChI is InChI=1S/C16H20N4O3/c1-22-11-14-15(16(21)17-10-13-8-5-9-23-13)18-19-20(14)12-6-3-2-4-7-12/h2-4,6-7,13H,5,8-11H2,1H3,(H,17,21). The Bertz CT molecular complexity index is 651. The molecular formula is C16H20N4O3. The second-order valence-electron chi connectivity index (χ2n) is 5.41. The molecule has 1 aromatic carbocycles. The van der Waals surface area contributed by atoms with Crippen molar-refractivity contribution in [2.24, 2.45) is 0 Å². The maximum Gasteiger partial charge on any atom is 0.273 e. The molecule has 1 saturated heterocycles. The van der Waals surface area contributed by atoms with Gasteiger partial charge < -0.3 is 14.8 Å². The number of nitrogens with one attached hydrogen (secondary N) is 1. The van der Waals surface area contributed by atoms with Crippen LogP contribution in [0.5, 0.6) is 0 Å². The summed E-state index contributed by atoms with van der Waals surface area (Å²) < 4.78 is 12.4. The van der Waals surface area contributed by atoms with Gasteiger partial charge in [0.1, 0.15) is 5.69 Å². The molecular weight excluding hydrogens is 296 g/mol. The van der Waals surface area contributed by atoms with Gasteiger partial charge in [-0.1, -0.05) is 23.4 Å². The molecule has 2 aromatic rings. The first-order valence-corrected chi connectivity index (χ1v) is 7.68. The van der Waals surface area contributed by atoms with Crippen molar-refractivity contribution in [1.29, 1.82) is 0 Å². The van der Waals surface area contributed by atoms with Crippen molar-refractivity contribution in [3.63, 3.8) is 0 Å². The van der Waals surface area contributed by atoms with Gasteiger partial charge in [-0.2, -0.15) is 0 Å². The summed E-state index contributed by atoms with van der Waals surface area (Å²) in [5.41, 5.74) is 1.75. The smallest absolute Gasteiger partial charge is 0.273 e. The maximum absolute atomic E-state index is 12.4. The second-order valence-corrected chi connectivity index (χ2v) is 5.41. The van der Waals surface area contributed by atoms with Crippen LogP contribution in [0, 0.1) is 0 Å². The summed E-state index contributed by atoms with van der Waals surface area (Å²) in [6, 6.07) is 9.55. The van der Waals surface area contributed by atoms with Crippen molar-refractivity contribution in [2.45, 2.75) is 25.6 Å². The number of carbonyl (C=O) groups excluding carboxylic acids is 1. The van der Waals surface area contributed by atoms with Crippen LogP contribution in [0.1, 0.15) is 29.0 Å². The number of ether oxygens (including phenoxy) is 2. The lowest BCUT2D eigenvalue weighted by atomic mass is 10.2. The Kier molecular flexibility index (Phi) is 4.99. The van der Waals surface area contributed by atoms with Gasteiger partial charge in [-0.15, -0.1) is 5.10 Å². The zero-order valence-corrected chi connectivity index (χ0v) is 13.1. The highest BCUT2D eigenvalue weighted by Gasteiger charge is 2.22. The van der Waals surface area contributed by atoms with Crippen molar-refractivity contribution in [3.8, 4) is 5.69 Å². The van der Waals surface area contributed by atoms with E-state index in [0.29, 0.717) is 12.2 Å². The number of methoxy groups -OCH3 is 1. The number of rotatable bonds is 6. The molecule has 1 amide bonds. The van der Waals surface area contributed by atoms with Crippen LogP contribution in [0.15, 0.2) is 30.3 Å². The molecule has 1 atom stereocenters. The Hall–Kier alpha value is -2.25. The quantitative estimate of drug-likeness (QED) is 0.869. The fourth-order valence-electron chi connectivity index (χ4n) is 2.62. The SMILES string of the molecule is COCc1c(C(=O)NCC2CCCO2)nnn1-c1ccccc1. The molecule has 0 saturated carbocycles. The van der Waals surface area contributed by atoms with E-state index in [9.17, 15) is 4.79 Å². The number of amides is 1. The minimum Gasteiger partial charge on any atom is -0.378 e. The molecule has 0 radical (unpaired) electrons. The highest BCUT2D eigenvalue weighted by atomic mass is 16.5. The fourth-order valence-corrected chi connectivity index (χ4v) is 2.62. The summed E-state index contributed by atoms with van der Waals surface area (Å²) in [4.78, 5) is 12.4. The topological polar surface area (TPSA) is 78.3 Å². The van der Waals surface area contributed by atoms with Gasteiger partial charge in [0.25, 0.3) is 5.91 Å². The van der Waals surface area contributed by atoms with E-state index in [2.05, 4.69) is 15.6 Å². The van der Waals surface area contributed by atoms with Crippen molar-refractivity contribution in [2.75, 3.05) is 20.3 Å². The van der Waals surface area contributed by atoms with Gasteiger partial charge in [-0.05, 0) is 25.0 Å². The first-order valence-electron chi connectivity index (χ1n) is 7.68. The normalized spacial score (nSPS) is 17.3. The first kappa shape index (κ1) is 15.6. The summed E-state index contributed by atoms with van der Waals surface area (Å²) in [6.45, 7) is 1.51. The number of carbonyl (C=O) groups is 1. The summed E-state index contributed by atoms with van der Waals surface area (Å²) in [6.07, 6.45) is 2.11. The summed E-state index contributed by atoms with van der Waals surface area (Å²) >= 11 is 0. The second kappa shape index (κ2) is 7.34. The molecule has 122 valence electrons. The van der Waals surface area contributed by atoms with Gasteiger partial charge in [0.15, 0.2) is 5.69 Å². The Labute approximate surface area is 134 Å². The maximum atomic E-state index is 12.4. The molecule has 0 bridgehead atoms. The number of para-hydroxylation sites is 1. The molecule has 7 heteroatoms. The zero-order chi connectivity index (χ0) is 16.1. The third kappa shape index (κ3) is 3.57. The van der Waals surface area contributed by atoms with Gasteiger partial charge in [-0.25, -0.2) is 4.68 Å². The van der Waals surface area contributed by atoms with Gasteiger partial charge in [0.2, 0.25) is 0 Å². The third-order valence-electron chi connectivity index (χ3n) is 3.77. The first-order chi connectivity index (χ1) is 11.3. The van der Waals surface area contributed by atoms with Crippen LogP contribution in [0.25, 0.3) is 5.69 Å². The van der Waals surface area contributed by atoms with Crippen molar-refractivity contribution in [1.82, 2.24) is 20.3 Å². The Morgan fingerprint density at radius 3 is 2.96 bits per heavy atom. The fraction of sp³-hybridized carbons (Fsp3) is 0.438. The zero-order valence-electron chi connectivity index (χ0n) is 13.1. The van der Waals surface area contributed by atoms with Crippen LogP contribution >= 0.6 is 0 Å². The number of hydrogen-bond donors (Lipinski definition) is 1. The monoisotopic (exact) mass is 316 g/mol. The molecule has 1 aliphatic rings. The lowest BCUT2D eigenvalue weighted by Crippen LogP contribution is -2.32. The van der Waals surface area contributed by atoms with Crippen molar-refractivity contribution >= 4 is 5.91 Å². The predicted octanol–water partition coefficient (Wildman–Crippen LogP) is 1.32. The Morgan fingerprint density at radius 2 is 2.26 bits per heavy atom. The van der Waals surface area contributed by atoms with Crippen LogP contribution < -0.4 is 5.32 Å². The number of aromatic nitrogens is 3. The molecule has 1 aliphatic heterocycles. The molecule has 0 aliphatic carbocycles. The lowest BCUT2D eigenvalue weighted by molar-refractivity contribution is 0.0849. The molecule has 7 nitrogen and oxygen atoms in total. The van der Waals surface area contributed by atoms with E-state index in [-0.39, 0.29) is 24.3 Å². The van der Waals surface area contributed by atoms with E-state index in [1.165, 1.54) is 0 Å². The highest BCUT2D eigenvalue weighted by molar-refractivity contribution is 5.93. The molecule has 23 heavy (non-hydrogen) atoms. The molecule has 1 unspecified atom stereocenters. The number of nitrogens with zero attached hydrogens (tertiary/aromatic N) is 3. The van der Waals surface area contributed by atoms with E-state index in [1.54, 1.807) is 11.8 Å². The molecule has 0 spiro atoms. The minimum atomic E-state index is -0.255. The van der Waals surface area contributed by atoms with E-state index >= 15 is 0 Å². The molecule has 2 heterocycles. The van der Waals surface area contributed by atoms with Gasteiger partial charge >= 0.3 is 0 Å². The molecule has 1 fully saturated rings. The number of hydrogen-bond acceptors (Lipinski definition) is 5. The van der Waals surface area contributed by atoms with E-state index in [0.717, 1.165) is 25.1 Å². The van der Waals surface area contributed by atoms with Gasteiger partial charge in [-0.3, -0.25) is 4.79 Å². The Balaban J connectivity index is 1.78. The summed E-state index contributed by atoms with van der Waals surface area (Å²) in [5, 5.41) is 11.0. The van der Waals surface area contributed by atoms with Crippen molar-refractivity contribution in [3.05, 3.63) is 41.7 Å². The lowest BCUT2D eigenvalue weighted by Gasteiger charge is -2.11. The average Bonchev–Trinajstić information content (AvgIpc) is 3.23. The number of benzene rings is 1. The van der Waals surface area contributed by atoms with Crippen LogP contribution in [0.4, 0.5) is 0 Å². The van der Waals surface area contributed by atoms with Crippen molar-refractivity contribution < 1.29 is 14.3 Å².